The first-order chi connectivity index (χ1) is 8.20. The summed E-state index contributed by atoms with van der Waals surface area (Å²) in [6, 6.07) is 5.84. The molecule has 1 saturated carbocycles. The first-order valence-electron chi connectivity index (χ1n) is 6.69. The van der Waals surface area contributed by atoms with Crippen molar-refractivity contribution in [1.82, 2.24) is 5.32 Å². The molecule has 1 N–H and O–H groups in total. The first kappa shape index (κ1) is 12.6. The smallest absolute Gasteiger partial charge is 0.123 e. The van der Waals surface area contributed by atoms with Crippen molar-refractivity contribution in [3.8, 4) is 0 Å². The molecule has 2 rings (SSSR count). The molecule has 1 aliphatic rings. The third-order valence-electron chi connectivity index (χ3n) is 3.91. The molecule has 0 spiro atoms. The lowest BCUT2D eigenvalue weighted by Gasteiger charge is -2.21. The van der Waals surface area contributed by atoms with Crippen LogP contribution in [0.5, 0.6) is 0 Å². The van der Waals surface area contributed by atoms with Gasteiger partial charge in [0.2, 0.25) is 0 Å². The van der Waals surface area contributed by atoms with E-state index in [0.29, 0.717) is 6.04 Å². The van der Waals surface area contributed by atoms with Crippen LogP contribution >= 0.6 is 0 Å². The Morgan fingerprint density at radius 2 is 2.18 bits per heavy atom. The van der Waals surface area contributed by atoms with Crippen molar-refractivity contribution in [2.24, 2.45) is 5.92 Å². The van der Waals surface area contributed by atoms with Gasteiger partial charge in [-0.2, -0.15) is 0 Å². The highest BCUT2D eigenvalue weighted by Gasteiger charge is 2.26. The van der Waals surface area contributed by atoms with E-state index in [-0.39, 0.29) is 5.82 Å². The van der Waals surface area contributed by atoms with Crippen LogP contribution in [0.25, 0.3) is 0 Å². The van der Waals surface area contributed by atoms with Crippen LogP contribution in [0.2, 0.25) is 0 Å². The van der Waals surface area contributed by atoms with Crippen LogP contribution in [0.4, 0.5) is 4.39 Å². The van der Waals surface area contributed by atoms with E-state index in [9.17, 15) is 4.39 Å². The van der Waals surface area contributed by atoms with Crippen LogP contribution in [0.1, 0.15) is 37.3 Å². The minimum atomic E-state index is -0.124. The Bertz CT molecular complexity index is 375. The van der Waals surface area contributed by atoms with E-state index in [0.717, 1.165) is 24.4 Å². The third kappa shape index (κ3) is 3.06. The van der Waals surface area contributed by atoms with E-state index in [2.05, 4.69) is 12.2 Å². The molecule has 2 atom stereocenters. The predicted octanol–water partition coefficient (Wildman–Crippen LogP) is 3.45. The summed E-state index contributed by atoms with van der Waals surface area (Å²) in [7, 11) is 0. The number of halogens is 1. The lowest BCUT2D eigenvalue weighted by Crippen LogP contribution is -2.33. The van der Waals surface area contributed by atoms with Gasteiger partial charge in [-0.05, 0) is 61.9 Å². The molecule has 1 fully saturated rings. The van der Waals surface area contributed by atoms with Gasteiger partial charge in [-0.1, -0.05) is 19.4 Å². The van der Waals surface area contributed by atoms with Crippen molar-refractivity contribution in [3.63, 3.8) is 0 Å². The van der Waals surface area contributed by atoms with Crippen molar-refractivity contribution < 1.29 is 4.39 Å². The average molecular weight is 235 g/mol. The standard InChI is InChI=1S/C15H22FN/c1-3-17-15-6-4-5-13(15)10-12-7-8-14(16)9-11(12)2/h7-9,13,15,17H,3-6,10H2,1-2H3. The van der Waals surface area contributed by atoms with Gasteiger partial charge >= 0.3 is 0 Å². The molecule has 17 heavy (non-hydrogen) atoms. The van der Waals surface area contributed by atoms with Gasteiger partial charge in [-0.3, -0.25) is 0 Å². The molecule has 94 valence electrons. The normalized spacial score (nSPS) is 24.2. The van der Waals surface area contributed by atoms with E-state index in [4.69, 9.17) is 0 Å². The summed E-state index contributed by atoms with van der Waals surface area (Å²) in [5.74, 6) is 0.597. The van der Waals surface area contributed by atoms with Crippen LogP contribution in [-0.4, -0.2) is 12.6 Å². The zero-order chi connectivity index (χ0) is 12.3. The van der Waals surface area contributed by atoms with Crippen LogP contribution in [0, 0.1) is 18.7 Å². The maximum absolute atomic E-state index is 13.0. The molecule has 0 saturated heterocycles. The van der Waals surface area contributed by atoms with Crippen molar-refractivity contribution in [2.75, 3.05) is 6.54 Å². The van der Waals surface area contributed by atoms with Gasteiger partial charge in [0.25, 0.3) is 0 Å². The summed E-state index contributed by atoms with van der Waals surface area (Å²) < 4.78 is 13.0. The Balaban J connectivity index is 2.04. The Labute approximate surface area is 103 Å². The highest BCUT2D eigenvalue weighted by Crippen LogP contribution is 2.29. The Kier molecular flexibility index (Phi) is 4.16. The summed E-state index contributed by atoms with van der Waals surface area (Å²) >= 11 is 0. The zero-order valence-electron chi connectivity index (χ0n) is 10.8. The van der Waals surface area contributed by atoms with Gasteiger partial charge in [-0.15, -0.1) is 0 Å². The van der Waals surface area contributed by atoms with Crippen molar-refractivity contribution >= 4 is 0 Å². The van der Waals surface area contributed by atoms with Crippen LogP contribution in [0.15, 0.2) is 18.2 Å². The molecule has 0 heterocycles. The van der Waals surface area contributed by atoms with Crippen LogP contribution in [-0.2, 0) is 6.42 Å². The van der Waals surface area contributed by atoms with Gasteiger partial charge < -0.3 is 5.32 Å². The maximum atomic E-state index is 13.0. The Morgan fingerprint density at radius 1 is 1.35 bits per heavy atom. The van der Waals surface area contributed by atoms with Crippen LogP contribution in [0.3, 0.4) is 0 Å². The Hall–Kier alpha value is -0.890. The lowest BCUT2D eigenvalue weighted by atomic mass is 9.92. The minimum absolute atomic E-state index is 0.124. The van der Waals surface area contributed by atoms with Gasteiger partial charge in [0.05, 0.1) is 0 Å². The number of aryl methyl sites for hydroxylation is 1. The number of hydrogen-bond donors (Lipinski definition) is 1. The molecule has 0 bridgehead atoms. The fourth-order valence-electron chi connectivity index (χ4n) is 2.98. The number of benzene rings is 1. The largest absolute Gasteiger partial charge is 0.314 e. The van der Waals surface area contributed by atoms with Gasteiger partial charge in [0.1, 0.15) is 5.82 Å². The van der Waals surface area contributed by atoms with E-state index >= 15 is 0 Å². The van der Waals surface area contributed by atoms with Gasteiger partial charge in [-0.25, -0.2) is 4.39 Å². The second-order valence-electron chi connectivity index (χ2n) is 5.13. The average Bonchev–Trinajstić information content (AvgIpc) is 2.71. The molecular formula is C15H22FN. The summed E-state index contributed by atoms with van der Waals surface area (Å²) in [6.07, 6.45) is 5.00. The highest BCUT2D eigenvalue weighted by atomic mass is 19.1. The van der Waals surface area contributed by atoms with Crippen molar-refractivity contribution in [3.05, 3.63) is 35.1 Å². The Morgan fingerprint density at radius 3 is 2.88 bits per heavy atom. The first-order valence-corrected chi connectivity index (χ1v) is 6.69. The predicted molar refractivity (Wildman–Crippen MR) is 69.6 cm³/mol. The summed E-state index contributed by atoms with van der Waals surface area (Å²) in [5, 5.41) is 3.57. The SMILES string of the molecule is CCNC1CCCC1Cc1ccc(F)cc1C. The summed E-state index contributed by atoms with van der Waals surface area (Å²) in [6.45, 7) is 5.22. The summed E-state index contributed by atoms with van der Waals surface area (Å²) in [5.41, 5.74) is 2.40. The topological polar surface area (TPSA) is 12.0 Å². The maximum Gasteiger partial charge on any atom is 0.123 e. The minimum Gasteiger partial charge on any atom is -0.314 e. The van der Waals surface area contributed by atoms with E-state index in [1.807, 2.05) is 13.0 Å². The molecule has 1 aromatic carbocycles. The highest BCUT2D eigenvalue weighted by molar-refractivity contribution is 5.27. The number of rotatable bonds is 4. The fourth-order valence-corrected chi connectivity index (χ4v) is 2.98. The molecule has 1 aliphatic carbocycles. The molecule has 2 unspecified atom stereocenters. The van der Waals surface area contributed by atoms with Crippen molar-refractivity contribution in [2.45, 2.75) is 45.6 Å². The zero-order valence-corrected chi connectivity index (χ0v) is 10.8. The third-order valence-corrected chi connectivity index (χ3v) is 3.91. The van der Waals surface area contributed by atoms with Crippen LogP contribution < -0.4 is 5.32 Å². The monoisotopic (exact) mass is 235 g/mol. The van der Waals surface area contributed by atoms with E-state index in [1.54, 1.807) is 12.1 Å². The van der Waals surface area contributed by atoms with E-state index in [1.165, 1.54) is 24.8 Å². The van der Waals surface area contributed by atoms with Gasteiger partial charge in [0, 0.05) is 6.04 Å². The second kappa shape index (κ2) is 5.63. The molecule has 1 nitrogen and oxygen atoms in total. The molecule has 0 aromatic heterocycles. The summed E-state index contributed by atoms with van der Waals surface area (Å²) in [4.78, 5) is 0. The quantitative estimate of drug-likeness (QED) is 0.842. The van der Waals surface area contributed by atoms with Crippen molar-refractivity contribution in [1.29, 1.82) is 0 Å². The van der Waals surface area contributed by atoms with E-state index < -0.39 is 0 Å². The molecule has 1 aromatic rings. The molecule has 2 heteroatoms. The molecule has 0 radical (unpaired) electrons. The molecular weight excluding hydrogens is 213 g/mol. The lowest BCUT2D eigenvalue weighted by molar-refractivity contribution is 0.405. The molecule has 0 amide bonds. The number of nitrogens with one attached hydrogen (secondary N) is 1. The molecule has 0 aliphatic heterocycles. The number of hydrogen-bond acceptors (Lipinski definition) is 1. The van der Waals surface area contributed by atoms with Gasteiger partial charge in [0.15, 0.2) is 0 Å². The fraction of sp³-hybridized carbons (Fsp3) is 0.600. The second-order valence-corrected chi connectivity index (χ2v) is 5.13.